The van der Waals surface area contributed by atoms with Gasteiger partial charge < -0.3 is 15.5 Å². The fourth-order valence-electron chi connectivity index (χ4n) is 2.43. The maximum Gasteiger partial charge on any atom is 0.206 e. The Hall–Kier alpha value is -2.83. The molecule has 0 bridgehead atoms. The van der Waals surface area contributed by atoms with E-state index in [4.69, 9.17) is 10.9 Å². The molecule has 0 fully saturated rings. The number of rotatable bonds is 4. The van der Waals surface area contributed by atoms with Gasteiger partial charge in [0.15, 0.2) is 5.82 Å². The van der Waals surface area contributed by atoms with Crippen molar-refractivity contribution in [2.24, 2.45) is 10.9 Å². The summed E-state index contributed by atoms with van der Waals surface area (Å²) in [6.45, 7) is 3.37. The molecule has 2 aromatic heterocycles. The Morgan fingerprint density at radius 2 is 2.19 bits per heavy atom. The van der Waals surface area contributed by atoms with Crippen molar-refractivity contribution in [3.05, 3.63) is 48.2 Å². The van der Waals surface area contributed by atoms with Crippen LogP contribution in [0.3, 0.4) is 0 Å². The molecule has 0 aliphatic heterocycles. The van der Waals surface area contributed by atoms with Gasteiger partial charge in [-0.3, -0.25) is 4.68 Å². The van der Waals surface area contributed by atoms with Gasteiger partial charge in [0.25, 0.3) is 0 Å². The SMILES string of the molecule is CCn1nc(Cn2ccnc2/C(N)=N/O)c2ccccc21. The zero-order chi connectivity index (χ0) is 14.8. The van der Waals surface area contributed by atoms with Gasteiger partial charge in [-0.25, -0.2) is 4.98 Å². The predicted molar refractivity (Wildman–Crippen MR) is 79.2 cm³/mol. The zero-order valence-electron chi connectivity index (χ0n) is 11.6. The van der Waals surface area contributed by atoms with E-state index in [-0.39, 0.29) is 5.84 Å². The first-order valence-electron chi connectivity index (χ1n) is 6.68. The fraction of sp³-hybridized carbons (Fsp3) is 0.214. The summed E-state index contributed by atoms with van der Waals surface area (Å²) in [5.74, 6) is 0.409. The standard InChI is InChI=1S/C14H16N6O/c1-2-20-12-6-4-3-5-10(12)11(17-20)9-19-8-7-16-14(19)13(15)18-21/h3-8,21H,2,9H2,1H3,(H2,15,18). The molecule has 0 unspecified atom stereocenters. The molecule has 3 rings (SSSR count). The van der Waals surface area contributed by atoms with Crippen molar-refractivity contribution in [2.75, 3.05) is 0 Å². The third-order valence-electron chi connectivity index (χ3n) is 3.41. The molecule has 0 spiro atoms. The topological polar surface area (TPSA) is 94.2 Å². The van der Waals surface area contributed by atoms with E-state index in [0.29, 0.717) is 12.4 Å². The molecule has 21 heavy (non-hydrogen) atoms. The number of nitrogens with zero attached hydrogens (tertiary/aromatic N) is 5. The first kappa shape index (κ1) is 13.2. The number of hydrogen-bond donors (Lipinski definition) is 2. The molecule has 108 valence electrons. The van der Waals surface area contributed by atoms with Crippen molar-refractivity contribution in [3.8, 4) is 0 Å². The molecular weight excluding hydrogens is 268 g/mol. The summed E-state index contributed by atoms with van der Waals surface area (Å²) in [6, 6.07) is 8.09. The van der Waals surface area contributed by atoms with E-state index in [9.17, 15) is 0 Å². The number of aryl methyl sites for hydroxylation is 1. The molecule has 2 heterocycles. The highest BCUT2D eigenvalue weighted by molar-refractivity contribution is 5.93. The minimum absolute atomic E-state index is 0.0146. The molecule has 7 nitrogen and oxygen atoms in total. The number of oxime groups is 1. The molecule has 0 radical (unpaired) electrons. The number of aromatic nitrogens is 4. The molecule has 0 amide bonds. The van der Waals surface area contributed by atoms with Gasteiger partial charge in [0.05, 0.1) is 17.8 Å². The number of para-hydroxylation sites is 1. The van der Waals surface area contributed by atoms with Crippen LogP contribution in [-0.4, -0.2) is 30.4 Å². The lowest BCUT2D eigenvalue weighted by molar-refractivity contribution is 0.318. The van der Waals surface area contributed by atoms with E-state index in [1.165, 1.54) is 0 Å². The van der Waals surface area contributed by atoms with E-state index in [1.807, 2.05) is 33.5 Å². The second kappa shape index (κ2) is 5.28. The smallest absolute Gasteiger partial charge is 0.206 e. The van der Waals surface area contributed by atoms with Crippen LogP contribution in [-0.2, 0) is 13.1 Å². The van der Waals surface area contributed by atoms with Gasteiger partial charge >= 0.3 is 0 Å². The number of benzene rings is 1. The number of amidine groups is 1. The monoisotopic (exact) mass is 284 g/mol. The maximum atomic E-state index is 8.80. The second-order valence-corrected chi connectivity index (χ2v) is 4.64. The van der Waals surface area contributed by atoms with Gasteiger partial charge in [0.1, 0.15) is 0 Å². The first-order valence-corrected chi connectivity index (χ1v) is 6.68. The lowest BCUT2D eigenvalue weighted by Crippen LogP contribution is -2.20. The van der Waals surface area contributed by atoms with Crippen molar-refractivity contribution >= 4 is 16.7 Å². The van der Waals surface area contributed by atoms with Crippen LogP contribution in [0.25, 0.3) is 10.9 Å². The summed E-state index contributed by atoms with van der Waals surface area (Å²) in [5.41, 5.74) is 7.65. The number of fused-ring (bicyclic) bond motifs is 1. The summed E-state index contributed by atoms with van der Waals surface area (Å²) in [7, 11) is 0. The molecule has 3 N–H and O–H groups in total. The Morgan fingerprint density at radius 3 is 2.95 bits per heavy atom. The fourth-order valence-corrected chi connectivity index (χ4v) is 2.43. The molecule has 0 aliphatic carbocycles. The lowest BCUT2D eigenvalue weighted by Gasteiger charge is -2.04. The minimum Gasteiger partial charge on any atom is -0.409 e. The third-order valence-corrected chi connectivity index (χ3v) is 3.41. The molecule has 0 saturated heterocycles. The molecule has 7 heteroatoms. The Kier molecular flexibility index (Phi) is 3.31. The van der Waals surface area contributed by atoms with Gasteiger partial charge in [-0.05, 0) is 13.0 Å². The van der Waals surface area contributed by atoms with Crippen LogP contribution in [0.2, 0.25) is 0 Å². The van der Waals surface area contributed by atoms with Crippen LogP contribution in [0.4, 0.5) is 0 Å². The van der Waals surface area contributed by atoms with E-state index >= 15 is 0 Å². The number of hydrogen-bond acceptors (Lipinski definition) is 4. The van der Waals surface area contributed by atoms with E-state index in [2.05, 4.69) is 22.2 Å². The van der Waals surface area contributed by atoms with Crippen LogP contribution >= 0.6 is 0 Å². The van der Waals surface area contributed by atoms with Gasteiger partial charge in [-0.2, -0.15) is 5.10 Å². The molecule has 3 aromatic rings. The van der Waals surface area contributed by atoms with Crippen LogP contribution in [0.1, 0.15) is 18.4 Å². The molecule has 0 saturated carbocycles. The van der Waals surface area contributed by atoms with Gasteiger partial charge in [0, 0.05) is 24.3 Å². The van der Waals surface area contributed by atoms with Gasteiger partial charge in [-0.15, -0.1) is 0 Å². The quantitative estimate of drug-likeness (QED) is 0.328. The summed E-state index contributed by atoms with van der Waals surface area (Å²) in [5, 5.41) is 17.5. The maximum absolute atomic E-state index is 8.80. The molecule has 0 aliphatic rings. The van der Waals surface area contributed by atoms with Gasteiger partial charge in [0.2, 0.25) is 5.84 Å². The third kappa shape index (κ3) is 2.22. The van der Waals surface area contributed by atoms with E-state index in [1.54, 1.807) is 12.4 Å². The Labute approximate surface area is 121 Å². The highest BCUT2D eigenvalue weighted by atomic mass is 16.4. The highest BCUT2D eigenvalue weighted by Gasteiger charge is 2.13. The molecule has 0 atom stereocenters. The average molecular weight is 284 g/mol. The Bertz CT molecular complexity index is 801. The average Bonchev–Trinajstić information content (AvgIpc) is 3.12. The lowest BCUT2D eigenvalue weighted by atomic mass is 10.2. The summed E-state index contributed by atoms with van der Waals surface area (Å²) >= 11 is 0. The summed E-state index contributed by atoms with van der Waals surface area (Å²) < 4.78 is 3.77. The minimum atomic E-state index is -0.0146. The molecule has 1 aromatic carbocycles. The van der Waals surface area contributed by atoms with Crippen LogP contribution in [0.5, 0.6) is 0 Å². The van der Waals surface area contributed by atoms with E-state index < -0.39 is 0 Å². The highest BCUT2D eigenvalue weighted by Crippen LogP contribution is 2.19. The number of nitrogens with two attached hydrogens (primary N) is 1. The van der Waals surface area contributed by atoms with Crippen molar-refractivity contribution in [1.82, 2.24) is 19.3 Å². The largest absolute Gasteiger partial charge is 0.409 e. The van der Waals surface area contributed by atoms with Crippen LogP contribution in [0, 0.1) is 0 Å². The van der Waals surface area contributed by atoms with E-state index in [0.717, 1.165) is 23.1 Å². The predicted octanol–water partition coefficient (Wildman–Crippen LogP) is 1.40. The van der Waals surface area contributed by atoms with Crippen LogP contribution < -0.4 is 5.73 Å². The van der Waals surface area contributed by atoms with Crippen LogP contribution in [0.15, 0.2) is 41.8 Å². The Morgan fingerprint density at radius 1 is 1.38 bits per heavy atom. The van der Waals surface area contributed by atoms with Gasteiger partial charge in [-0.1, -0.05) is 23.4 Å². The first-order chi connectivity index (χ1) is 10.2. The Balaban J connectivity index is 2.05. The normalized spacial score (nSPS) is 12.1. The summed E-state index contributed by atoms with van der Waals surface area (Å²) in [4.78, 5) is 4.10. The zero-order valence-corrected chi connectivity index (χ0v) is 11.6. The molecular formula is C14H16N6O. The van der Waals surface area contributed by atoms with Crippen molar-refractivity contribution in [1.29, 1.82) is 0 Å². The second-order valence-electron chi connectivity index (χ2n) is 4.64. The van der Waals surface area contributed by atoms with Crippen molar-refractivity contribution in [2.45, 2.75) is 20.0 Å². The van der Waals surface area contributed by atoms with Crippen molar-refractivity contribution < 1.29 is 5.21 Å². The van der Waals surface area contributed by atoms with Crippen molar-refractivity contribution in [3.63, 3.8) is 0 Å². The number of imidazole rings is 1. The summed E-state index contributed by atoms with van der Waals surface area (Å²) in [6.07, 6.45) is 3.40.